The van der Waals surface area contributed by atoms with Gasteiger partial charge in [-0.25, -0.2) is 19.2 Å². The van der Waals surface area contributed by atoms with E-state index in [2.05, 4.69) is 25.6 Å². The second-order valence-corrected chi connectivity index (χ2v) is 10.1. The first-order valence-electron chi connectivity index (χ1n) is 12.5. The molecule has 0 aliphatic rings. The molecule has 0 bridgehead atoms. The summed E-state index contributed by atoms with van der Waals surface area (Å²) in [5.74, 6) is -0.992. The number of nitrogens with one attached hydrogen (secondary N) is 3. The van der Waals surface area contributed by atoms with Crippen LogP contribution in [0.4, 0.5) is 14.9 Å². The van der Waals surface area contributed by atoms with Crippen molar-refractivity contribution >= 4 is 46.4 Å². The maximum Gasteiger partial charge on any atom is 0.405 e. The highest BCUT2D eigenvalue weighted by Gasteiger charge is 2.22. The van der Waals surface area contributed by atoms with Crippen LogP contribution in [0.5, 0.6) is 0 Å². The molecule has 0 aromatic carbocycles. The van der Waals surface area contributed by atoms with Crippen LogP contribution in [0, 0.1) is 11.7 Å². The van der Waals surface area contributed by atoms with Crippen LogP contribution >= 0.6 is 11.6 Å². The number of hydrogen-bond acceptors (Lipinski definition) is 6. The van der Waals surface area contributed by atoms with Crippen molar-refractivity contribution in [3.8, 4) is 0 Å². The first-order valence-corrected chi connectivity index (χ1v) is 12.8. The van der Waals surface area contributed by atoms with Crippen molar-refractivity contribution in [2.75, 3.05) is 19.4 Å². The van der Waals surface area contributed by atoms with E-state index in [9.17, 15) is 23.6 Å². The summed E-state index contributed by atoms with van der Waals surface area (Å²) in [4.78, 5) is 61.8. The van der Waals surface area contributed by atoms with Crippen molar-refractivity contribution in [3.63, 3.8) is 0 Å². The highest BCUT2D eigenvalue weighted by Crippen LogP contribution is 2.22. The maximum absolute atomic E-state index is 14.4. The van der Waals surface area contributed by atoms with Gasteiger partial charge in [-0.05, 0) is 43.4 Å². The number of H-pyrrole nitrogens is 1. The van der Waals surface area contributed by atoms with Crippen molar-refractivity contribution in [1.29, 1.82) is 0 Å². The number of hydrogen-bond donors (Lipinski definition) is 4. The van der Waals surface area contributed by atoms with Gasteiger partial charge in [-0.15, -0.1) is 0 Å². The zero-order chi connectivity index (χ0) is 29.6. The number of aromatic amines is 1. The van der Waals surface area contributed by atoms with Crippen LogP contribution in [-0.2, 0) is 22.6 Å². The highest BCUT2D eigenvalue weighted by atomic mass is 35.5. The standard InChI is InChI=1S/C26H31ClFN7O5/c1-14(2)11-15-16(28)12-29-23-22(15)32-20(33-23)13-35-19(27)10-9-18(25(35)38)30-24(37)17(31-26(39)40)7-5-6-8-21(36)34(3)4/h6,8-10,12,14,17,31H,5,7,11,13H2,1-4H3,(H,30,37)(H,39,40)(H,29,32,33). The van der Waals surface area contributed by atoms with Gasteiger partial charge in [0.05, 0.1) is 18.3 Å². The van der Waals surface area contributed by atoms with Crippen LogP contribution in [0.25, 0.3) is 11.2 Å². The lowest BCUT2D eigenvalue weighted by molar-refractivity contribution is -0.123. The number of amides is 3. The Morgan fingerprint density at radius 1 is 1.27 bits per heavy atom. The quantitative estimate of drug-likeness (QED) is 0.201. The summed E-state index contributed by atoms with van der Waals surface area (Å²) in [7, 11) is 3.17. The van der Waals surface area contributed by atoms with E-state index in [1.807, 2.05) is 13.8 Å². The number of carbonyl (C=O) groups is 3. The number of nitrogens with zero attached hydrogens (tertiary/aromatic N) is 4. The molecule has 0 spiro atoms. The second-order valence-electron chi connectivity index (χ2n) is 9.73. The molecule has 3 heterocycles. The van der Waals surface area contributed by atoms with E-state index < -0.39 is 29.4 Å². The summed E-state index contributed by atoms with van der Waals surface area (Å²) in [6.07, 6.45) is 3.26. The smallest absolute Gasteiger partial charge is 0.405 e. The molecular formula is C26H31ClFN7O5. The van der Waals surface area contributed by atoms with Gasteiger partial charge in [-0.3, -0.25) is 19.0 Å². The molecule has 1 atom stereocenters. The van der Waals surface area contributed by atoms with E-state index in [4.69, 9.17) is 16.7 Å². The van der Waals surface area contributed by atoms with Gasteiger partial charge in [-0.1, -0.05) is 31.5 Å². The Kier molecular flexibility index (Phi) is 9.99. The number of likely N-dealkylation sites (N-methyl/N-ethyl adjacent to an activating group) is 1. The number of imidazole rings is 1. The summed E-state index contributed by atoms with van der Waals surface area (Å²) in [6.45, 7) is 3.80. The SMILES string of the molecule is CC(C)Cc1c(F)cnc2nc(Cn3c(Cl)ccc(NC(=O)C(CCC=CC(=O)N(C)C)NC(=O)O)c3=O)[nH]c12. The average molecular weight is 576 g/mol. The van der Waals surface area contributed by atoms with Gasteiger partial charge in [0.1, 0.15) is 28.5 Å². The fourth-order valence-corrected chi connectivity index (χ4v) is 4.09. The van der Waals surface area contributed by atoms with Gasteiger partial charge < -0.3 is 25.6 Å². The number of allylic oxidation sites excluding steroid dienone is 1. The number of pyridine rings is 2. The number of aromatic nitrogens is 4. The molecule has 214 valence electrons. The largest absolute Gasteiger partial charge is 0.465 e. The summed E-state index contributed by atoms with van der Waals surface area (Å²) >= 11 is 6.28. The lowest BCUT2D eigenvalue weighted by Gasteiger charge is -2.17. The van der Waals surface area contributed by atoms with Crippen molar-refractivity contribution < 1.29 is 23.9 Å². The number of carboxylic acid groups (broad SMARTS) is 1. The van der Waals surface area contributed by atoms with Crippen LogP contribution in [0.1, 0.15) is 38.1 Å². The number of rotatable bonds is 11. The Labute approximate surface area is 234 Å². The van der Waals surface area contributed by atoms with Gasteiger partial charge in [0.2, 0.25) is 11.8 Å². The van der Waals surface area contributed by atoms with Crippen LogP contribution in [0.15, 0.2) is 35.3 Å². The molecule has 0 aliphatic carbocycles. The van der Waals surface area contributed by atoms with Gasteiger partial charge >= 0.3 is 6.09 Å². The number of halogens is 2. The fraction of sp³-hybridized carbons (Fsp3) is 0.385. The topological polar surface area (TPSA) is 162 Å². The Balaban J connectivity index is 1.82. The number of fused-ring (bicyclic) bond motifs is 1. The average Bonchev–Trinajstić information content (AvgIpc) is 3.29. The summed E-state index contributed by atoms with van der Waals surface area (Å²) < 4.78 is 15.6. The first-order chi connectivity index (χ1) is 18.9. The molecule has 3 aromatic heterocycles. The van der Waals surface area contributed by atoms with Crippen LogP contribution in [0.2, 0.25) is 5.15 Å². The summed E-state index contributed by atoms with van der Waals surface area (Å²) in [6, 6.07) is 1.51. The first kappa shape index (κ1) is 30.3. The molecule has 0 radical (unpaired) electrons. The zero-order valence-corrected chi connectivity index (χ0v) is 23.3. The third-order valence-electron chi connectivity index (χ3n) is 5.86. The summed E-state index contributed by atoms with van der Waals surface area (Å²) in [5.41, 5.74) is 0.376. The molecule has 0 fully saturated rings. The van der Waals surface area contributed by atoms with Crippen molar-refractivity contribution in [3.05, 3.63) is 63.2 Å². The van der Waals surface area contributed by atoms with E-state index in [1.165, 1.54) is 29.2 Å². The third-order valence-corrected chi connectivity index (χ3v) is 6.19. The van der Waals surface area contributed by atoms with Crippen molar-refractivity contribution in [2.24, 2.45) is 5.92 Å². The molecule has 40 heavy (non-hydrogen) atoms. The predicted molar refractivity (Wildman–Crippen MR) is 148 cm³/mol. The van der Waals surface area contributed by atoms with Crippen LogP contribution < -0.4 is 16.2 Å². The van der Waals surface area contributed by atoms with Crippen molar-refractivity contribution in [1.82, 2.24) is 29.7 Å². The Morgan fingerprint density at radius 2 is 2.00 bits per heavy atom. The van der Waals surface area contributed by atoms with Gasteiger partial charge in [-0.2, -0.15) is 0 Å². The van der Waals surface area contributed by atoms with E-state index in [1.54, 1.807) is 14.1 Å². The molecule has 1 unspecified atom stereocenters. The molecule has 0 aliphatic heterocycles. The van der Waals surface area contributed by atoms with E-state index in [0.29, 0.717) is 29.0 Å². The molecular weight excluding hydrogens is 545 g/mol. The van der Waals surface area contributed by atoms with E-state index in [0.717, 1.165) is 10.8 Å². The monoisotopic (exact) mass is 575 g/mol. The fourth-order valence-electron chi connectivity index (χ4n) is 3.90. The third kappa shape index (κ3) is 7.65. The van der Waals surface area contributed by atoms with Crippen LogP contribution in [-0.4, -0.2) is 67.6 Å². The molecule has 3 amide bonds. The normalized spacial score (nSPS) is 12.2. The zero-order valence-electron chi connectivity index (χ0n) is 22.5. The molecule has 12 nitrogen and oxygen atoms in total. The minimum atomic E-state index is -1.42. The molecule has 0 saturated heterocycles. The number of anilines is 1. The molecule has 14 heteroatoms. The van der Waals surface area contributed by atoms with Gasteiger partial charge in [0, 0.05) is 19.7 Å². The van der Waals surface area contributed by atoms with E-state index in [-0.39, 0.29) is 42.1 Å². The van der Waals surface area contributed by atoms with Gasteiger partial charge in [0.25, 0.3) is 5.56 Å². The molecule has 3 aromatic rings. The summed E-state index contributed by atoms with van der Waals surface area (Å²) in [5, 5.41) is 13.8. The lowest BCUT2D eigenvalue weighted by atomic mass is 10.0. The van der Waals surface area contributed by atoms with Gasteiger partial charge in [0.15, 0.2) is 5.65 Å². The Hall–Kier alpha value is -4.26. The van der Waals surface area contributed by atoms with Crippen LogP contribution in [0.3, 0.4) is 0 Å². The lowest BCUT2D eigenvalue weighted by Crippen LogP contribution is -2.44. The second kappa shape index (κ2) is 13.2. The molecule has 4 N–H and O–H groups in total. The molecule has 0 saturated carbocycles. The maximum atomic E-state index is 14.4. The Morgan fingerprint density at radius 3 is 2.65 bits per heavy atom. The minimum Gasteiger partial charge on any atom is -0.465 e. The van der Waals surface area contributed by atoms with E-state index >= 15 is 0 Å². The Bertz CT molecular complexity index is 1500. The van der Waals surface area contributed by atoms with Crippen molar-refractivity contribution in [2.45, 2.75) is 45.7 Å². The number of carbonyl (C=O) groups excluding carboxylic acids is 2. The molecule has 3 rings (SSSR count). The highest BCUT2D eigenvalue weighted by molar-refractivity contribution is 6.29. The predicted octanol–water partition coefficient (Wildman–Crippen LogP) is 3.16. The minimum absolute atomic E-state index is 0.0401.